The van der Waals surface area contributed by atoms with Crippen LogP contribution in [0.25, 0.3) is 0 Å². The van der Waals surface area contributed by atoms with Crippen molar-refractivity contribution in [1.82, 2.24) is 5.32 Å². The van der Waals surface area contributed by atoms with Crippen LogP contribution in [0.3, 0.4) is 0 Å². The van der Waals surface area contributed by atoms with Crippen molar-refractivity contribution in [2.24, 2.45) is 0 Å². The smallest absolute Gasteiger partial charge is 0.325 e. The topological polar surface area (TPSA) is 58.6 Å². The Kier molecular flexibility index (Phi) is 5.56. The zero-order valence-corrected chi connectivity index (χ0v) is 12.0. The highest BCUT2D eigenvalue weighted by Crippen LogP contribution is 2.22. The number of methoxy groups -OCH3 is 1. The average molecular weight is 277 g/mol. The van der Waals surface area contributed by atoms with Gasteiger partial charge in [-0.2, -0.15) is 0 Å². The second-order valence-corrected chi connectivity index (χ2v) is 5.45. The van der Waals surface area contributed by atoms with Crippen LogP contribution in [0.5, 0.6) is 0 Å². The van der Waals surface area contributed by atoms with Crippen molar-refractivity contribution in [3.63, 3.8) is 0 Å². The minimum absolute atomic E-state index is 0.323. The van der Waals surface area contributed by atoms with E-state index in [4.69, 9.17) is 4.74 Å². The van der Waals surface area contributed by atoms with Crippen LogP contribution in [0.4, 0.5) is 0 Å². The molecule has 1 unspecified atom stereocenters. The lowest BCUT2D eigenvalue weighted by atomic mass is 9.94. The summed E-state index contributed by atoms with van der Waals surface area (Å²) >= 11 is 0. The zero-order chi connectivity index (χ0) is 14.4. The van der Waals surface area contributed by atoms with Gasteiger partial charge in [0.1, 0.15) is 6.04 Å². The molecule has 0 heterocycles. The standard InChI is InChI=1S/C16H23NO3/c1-20-11-12-7-9-13(10-8-12)15(16(18)19)17-14-5-3-2-4-6-14/h7-10,14-15,17H,2-6,11H2,1H3,(H,18,19). The Morgan fingerprint density at radius 3 is 2.50 bits per heavy atom. The predicted molar refractivity (Wildman–Crippen MR) is 77.5 cm³/mol. The number of ether oxygens (including phenoxy) is 1. The van der Waals surface area contributed by atoms with Crippen LogP contribution in [0.2, 0.25) is 0 Å². The third kappa shape index (κ3) is 4.05. The Balaban J connectivity index is 2.05. The molecule has 1 fully saturated rings. The van der Waals surface area contributed by atoms with E-state index >= 15 is 0 Å². The van der Waals surface area contributed by atoms with Crippen molar-refractivity contribution in [3.8, 4) is 0 Å². The molecule has 1 aliphatic carbocycles. The summed E-state index contributed by atoms with van der Waals surface area (Å²) in [6.07, 6.45) is 5.80. The summed E-state index contributed by atoms with van der Waals surface area (Å²) in [6, 6.07) is 7.32. The number of carboxylic acids is 1. The number of hydrogen-bond acceptors (Lipinski definition) is 3. The maximum atomic E-state index is 11.5. The van der Waals surface area contributed by atoms with Gasteiger partial charge in [0.15, 0.2) is 0 Å². The number of hydrogen-bond donors (Lipinski definition) is 2. The summed E-state index contributed by atoms with van der Waals surface area (Å²) in [5, 5.41) is 12.7. The van der Waals surface area contributed by atoms with E-state index in [-0.39, 0.29) is 0 Å². The Hall–Kier alpha value is -1.39. The lowest BCUT2D eigenvalue weighted by Gasteiger charge is -2.26. The van der Waals surface area contributed by atoms with Crippen molar-refractivity contribution in [1.29, 1.82) is 0 Å². The summed E-state index contributed by atoms with van der Waals surface area (Å²) in [5.74, 6) is -0.810. The first-order chi connectivity index (χ1) is 9.70. The average Bonchev–Trinajstić information content (AvgIpc) is 2.47. The SMILES string of the molecule is COCc1ccc(C(NC2CCCCC2)C(=O)O)cc1. The Labute approximate surface area is 120 Å². The molecule has 1 aromatic rings. The van der Waals surface area contributed by atoms with Gasteiger partial charge in [-0.15, -0.1) is 0 Å². The molecular weight excluding hydrogens is 254 g/mol. The number of benzene rings is 1. The number of rotatable bonds is 6. The van der Waals surface area contributed by atoms with Gasteiger partial charge < -0.3 is 9.84 Å². The summed E-state index contributed by atoms with van der Waals surface area (Å²) in [6.45, 7) is 0.550. The molecule has 1 aliphatic rings. The summed E-state index contributed by atoms with van der Waals surface area (Å²) in [5.41, 5.74) is 1.86. The second-order valence-electron chi connectivity index (χ2n) is 5.45. The summed E-state index contributed by atoms with van der Waals surface area (Å²) in [7, 11) is 1.65. The largest absolute Gasteiger partial charge is 0.480 e. The normalized spacial score (nSPS) is 17.9. The number of carboxylic acid groups (broad SMARTS) is 1. The molecule has 4 heteroatoms. The fraction of sp³-hybridized carbons (Fsp3) is 0.562. The highest BCUT2D eigenvalue weighted by Gasteiger charge is 2.24. The Morgan fingerprint density at radius 2 is 1.95 bits per heavy atom. The van der Waals surface area contributed by atoms with Crippen molar-refractivity contribution >= 4 is 5.97 Å². The molecule has 0 amide bonds. The lowest BCUT2D eigenvalue weighted by Crippen LogP contribution is -2.38. The molecule has 0 spiro atoms. The van der Waals surface area contributed by atoms with E-state index in [0.29, 0.717) is 12.6 Å². The van der Waals surface area contributed by atoms with Gasteiger partial charge in [0.2, 0.25) is 0 Å². The fourth-order valence-corrected chi connectivity index (χ4v) is 2.79. The number of aliphatic carboxylic acids is 1. The molecule has 1 atom stereocenters. The van der Waals surface area contributed by atoms with Crippen molar-refractivity contribution < 1.29 is 14.6 Å². The number of carbonyl (C=O) groups is 1. The molecule has 1 aromatic carbocycles. The van der Waals surface area contributed by atoms with Crippen molar-refractivity contribution in [2.75, 3.05) is 7.11 Å². The molecule has 0 saturated heterocycles. The molecule has 110 valence electrons. The van der Waals surface area contributed by atoms with E-state index in [1.54, 1.807) is 7.11 Å². The third-order valence-corrected chi connectivity index (χ3v) is 3.88. The van der Waals surface area contributed by atoms with Gasteiger partial charge in [-0.25, -0.2) is 0 Å². The van der Waals surface area contributed by atoms with E-state index in [1.807, 2.05) is 24.3 Å². The van der Waals surface area contributed by atoms with Gasteiger partial charge in [-0.3, -0.25) is 10.1 Å². The quantitative estimate of drug-likeness (QED) is 0.839. The summed E-state index contributed by atoms with van der Waals surface area (Å²) in [4.78, 5) is 11.5. The van der Waals surface area contributed by atoms with Gasteiger partial charge in [0.25, 0.3) is 0 Å². The van der Waals surface area contributed by atoms with E-state index < -0.39 is 12.0 Å². The minimum Gasteiger partial charge on any atom is -0.480 e. The van der Waals surface area contributed by atoms with Gasteiger partial charge in [0, 0.05) is 13.2 Å². The molecule has 2 N–H and O–H groups in total. The van der Waals surface area contributed by atoms with E-state index in [0.717, 1.165) is 24.0 Å². The van der Waals surface area contributed by atoms with Crippen molar-refractivity contribution in [2.45, 2.75) is 50.8 Å². The molecule has 2 rings (SSSR count). The van der Waals surface area contributed by atoms with Gasteiger partial charge in [0.05, 0.1) is 6.61 Å². The molecule has 0 bridgehead atoms. The Bertz CT molecular complexity index is 424. The van der Waals surface area contributed by atoms with Gasteiger partial charge in [-0.05, 0) is 24.0 Å². The Morgan fingerprint density at radius 1 is 1.30 bits per heavy atom. The maximum absolute atomic E-state index is 11.5. The van der Waals surface area contributed by atoms with Gasteiger partial charge in [-0.1, -0.05) is 43.5 Å². The van der Waals surface area contributed by atoms with Crippen molar-refractivity contribution in [3.05, 3.63) is 35.4 Å². The highest BCUT2D eigenvalue weighted by atomic mass is 16.5. The first-order valence-corrected chi connectivity index (χ1v) is 7.27. The van der Waals surface area contributed by atoms with Crippen LogP contribution in [0.1, 0.15) is 49.3 Å². The number of nitrogens with one attached hydrogen (secondary N) is 1. The minimum atomic E-state index is -0.810. The van der Waals surface area contributed by atoms with E-state index in [9.17, 15) is 9.90 Å². The molecule has 20 heavy (non-hydrogen) atoms. The first kappa shape index (κ1) is 15.0. The van der Waals surface area contributed by atoms with E-state index in [1.165, 1.54) is 19.3 Å². The molecule has 0 aliphatic heterocycles. The van der Waals surface area contributed by atoms with Crippen LogP contribution in [0, 0.1) is 0 Å². The predicted octanol–water partition coefficient (Wildman–Crippen LogP) is 2.88. The lowest BCUT2D eigenvalue weighted by molar-refractivity contribution is -0.140. The molecule has 1 saturated carbocycles. The van der Waals surface area contributed by atoms with Crippen LogP contribution in [0.15, 0.2) is 24.3 Å². The van der Waals surface area contributed by atoms with Crippen LogP contribution in [-0.2, 0) is 16.1 Å². The van der Waals surface area contributed by atoms with Gasteiger partial charge >= 0.3 is 5.97 Å². The van der Waals surface area contributed by atoms with Crippen LogP contribution in [-0.4, -0.2) is 24.2 Å². The molecular formula is C16H23NO3. The van der Waals surface area contributed by atoms with E-state index in [2.05, 4.69) is 5.32 Å². The summed E-state index contributed by atoms with van der Waals surface area (Å²) < 4.78 is 5.07. The first-order valence-electron chi connectivity index (χ1n) is 7.27. The second kappa shape index (κ2) is 7.41. The molecule has 0 radical (unpaired) electrons. The van der Waals surface area contributed by atoms with Crippen LogP contribution >= 0.6 is 0 Å². The molecule has 0 aromatic heterocycles. The monoisotopic (exact) mass is 277 g/mol. The zero-order valence-electron chi connectivity index (χ0n) is 12.0. The fourth-order valence-electron chi connectivity index (χ4n) is 2.79. The molecule has 4 nitrogen and oxygen atoms in total. The third-order valence-electron chi connectivity index (χ3n) is 3.88. The van der Waals surface area contributed by atoms with Crippen LogP contribution < -0.4 is 5.32 Å². The maximum Gasteiger partial charge on any atom is 0.325 e. The highest BCUT2D eigenvalue weighted by molar-refractivity contribution is 5.75.